The number of hydrogen-bond donors (Lipinski definition) is 2. The highest BCUT2D eigenvalue weighted by Gasteiger charge is 2.12. The predicted molar refractivity (Wildman–Crippen MR) is 136 cm³/mol. The van der Waals surface area contributed by atoms with Crippen LogP contribution < -0.4 is 14.9 Å². The summed E-state index contributed by atoms with van der Waals surface area (Å²) in [6, 6.07) is 26.1. The maximum absolute atomic E-state index is 6.17. The van der Waals surface area contributed by atoms with Crippen molar-refractivity contribution in [3.05, 3.63) is 94.5 Å². The van der Waals surface area contributed by atoms with Crippen molar-refractivity contribution in [1.29, 1.82) is 0 Å². The lowest BCUT2D eigenvalue weighted by Gasteiger charge is -2.14. The molecule has 0 aliphatic rings. The van der Waals surface area contributed by atoms with Gasteiger partial charge >= 0.3 is 0 Å². The van der Waals surface area contributed by atoms with E-state index in [4.69, 9.17) is 9.47 Å². The molecule has 6 nitrogen and oxygen atoms in total. The lowest BCUT2D eigenvalue weighted by Crippen LogP contribution is -2.00. The standard InChI is InChI=1S/C26H21BrN4O2/c1-32-24-14-17(15-28-31-26-29-22-11-4-5-12-23(22)30-26)13-21(27)25(24)33-16-19-9-6-8-18-7-2-3-10-20(18)19/h2-15H,16H2,1H3,(H2,29,30,31)/b28-15+. The summed E-state index contributed by atoms with van der Waals surface area (Å²) in [7, 11) is 1.63. The average molecular weight is 501 g/mol. The number of nitrogens with one attached hydrogen (secondary N) is 2. The molecule has 0 spiro atoms. The Kier molecular flexibility index (Phi) is 5.95. The summed E-state index contributed by atoms with van der Waals surface area (Å²) in [6.07, 6.45) is 1.70. The Labute approximate surface area is 199 Å². The first-order chi connectivity index (χ1) is 16.2. The van der Waals surface area contributed by atoms with E-state index in [2.05, 4.69) is 60.7 Å². The average Bonchev–Trinajstić information content (AvgIpc) is 3.26. The van der Waals surface area contributed by atoms with Gasteiger partial charge in [-0.15, -0.1) is 0 Å². The van der Waals surface area contributed by atoms with E-state index in [1.54, 1.807) is 13.3 Å². The van der Waals surface area contributed by atoms with Gasteiger partial charge in [0.05, 0.1) is 28.8 Å². The smallest absolute Gasteiger partial charge is 0.222 e. The van der Waals surface area contributed by atoms with Crippen LogP contribution in [0.1, 0.15) is 11.1 Å². The van der Waals surface area contributed by atoms with Crippen molar-refractivity contribution in [2.45, 2.75) is 6.61 Å². The van der Waals surface area contributed by atoms with E-state index in [0.717, 1.165) is 26.6 Å². The molecule has 164 valence electrons. The van der Waals surface area contributed by atoms with E-state index in [1.807, 2.05) is 54.6 Å². The molecule has 5 rings (SSSR count). The van der Waals surface area contributed by atoms with Crippen LogP contribution in [0.25, 0.3) is 21.8 Å². The van der Waals surface area contributed by atoms with E-state index in [1.165, 1.54) is 10.8 Å². The van der Waals surface area contributed by atoms with Gasteiger partial charge in [0.15, 0.2) is 11.5 Å². The number of ether oxygens (including phenoxy) is 2. The Morgan fingerprint density at radius 2 is 1.85 bits per heavy atom. The van der Waals surface area contributed by atoms with Gasteiger partial charge in [-0.05, 0) is 62.1 Å². The molecule has 0 unspecified atom stereocenters. The third kappa shape index (κ3) is 4.54. The van der Waals surface area contributed by atoms with Gasteiger partial charge in [0.2, 0.25) is 5.95 Å². The summed E-state index contributed by atoms with van der Waals surface area (Å²) in [4.78, 5) is 7.63. The molecule has 0 saturated heterocycles. The van der Waals surface area contributed by atoms with E-state index >= 15 is 0 Å². The first kappa shape index (κ1) is 21.0. The molecule has 0 aliphatic heterocycles. The molecule has 0 fully saturated rings. The van der Waals surface area contributed by atoms with Crippen molar-refractivity contribution in [3.8, 4) is 11.5 Å². The fraction of sp³-hybridized carbons (Fsp3) is 0.0769. The van der Waals surface area contributed by atoms with Crippen molar-refractivity contribution in [1.82, 2.24) is 9.97 Å². The van der Waals surface area contributed by atoms with Gasteiger partial charge in [-0.3, -0.25) is 0 Å². The molecule has 2 N–H and O–H groups in total. The van der Waals surface area contributed by atoms with Crippen molar-refractivity contribution < 1.29 is 9.47 Å². The quantitative estimate of drug-likeness (QED) is 0.197. The second-order valence-corrected chi connectivity index (χ2v) is 8.29. The lowest BCUT2D eigenvalue weighted by molar-refractivity contribution is 0.283. The monoisotopic (exact) mass is 500 g/mol. The normalized spacial score (nSPS) is 11.3. The SMILES string of the molecule is COc1cc(/C=N/Nc2nc3ccccc3[nH]2)cc(Br)c1OCc1cccc2ccccc12. The number of nitrogens with zero attached hydrogens (tertiary/aromatic N) is 2. The van der Waals surface area contributed by atoms with Crippen LogP contribution in [0.3, 0.4) is 0 Å². The highest BCUT2D eigenvalue weighted by Crippen LogP contribution is 2.37. The number of halogens is 1. The van der Waals surface area contributed by atoms with Crippen molar-refractivity contribution in [2.75, 3.05) is 12.5 Å². The van der Waals surface area contributed by atoms with Crippen LogP contribution in [0, 0.1) is 0 Å². The largest absolute Gasteiger partial charge is 0.493 e. The molecular weight excluding hydrogens is 480 g/mol. The summed E-state index contributed by atoms with van der Waals surface area (Å²) in [5.74, 6) is 1.84. The van der Waals surface area contributed by atoms with Gasteiger partial charge < -0.3 is 14.5 Å². The van der Waals surface area contributed by atoms with Crippen LogP contribution >= 0.6 is 15.9 Å². The van der Waals surface area contributed by atoms with Crippen LogP contribution in [0.4, 0.5) is 5.95 Å². The van der Waals surface area contributed by atoms with Crippen LogP contribution in [0.5, 0.6) is 11.5 Å². The van der Waals surface area contributed by atoms with E-state index in [0.29, 0.717) is 24.1 Å². The molecule has 0 saturated carbocycles. The molecule has 5 aromatic rings. The Balaban J connectivity index is 1.32. The summed E-state index contributed by atoms with van der Waals surface area (Å²) in [5, 5.41) is 6.66. The van der Waals surface area contributed by atoms with Crippen LogP contribution in [0.2, 0.25) is 0 Å². The number of methoxy groups -OCH3 is 1. The zero-order valence-corrected chi connectivity index (χ0v) is 19.5. The minimum atomic E-state index is 0.428. The topological polar surface area (TPSA) is 71.5 Å². The minimum Gasteiger partial charge on any atom is -0.493 e. The number of fused-ring (bicyclic) bond motifs is 2. The van der Waals surface area contributed by atoms with Crippen LogP contribution in [-0.4, -0.2) is 23.3 Å². The van der Waals surface area contributed by atoms with Crippen molar-refractivity contribution in [3.63, 3.8) is 0 Å². The molecular formula is C26H21BrN4O2. The maximum Gasteiger partial charge on any atom is 0.222 e. The van der Waals surface area contributed by atoms with Crippen molar-refractivity contribution >= 4 is 49.9 Å². The fourth-order valence-electron chi connectivity index (χ4n) is 3.70. The molecule has 0 radical (unpaired) electrons. The first-order valence-electron chi connectivity index (χ1n) is 10.4. The molecule has 0 amide bonds. The number of benzene rings is 4. The summed E-state index contributed by atoms with van der Waals surface area (Å²) in [6.45, 7) is 0.428. The minimum absolute atomic E-state index is 0.428. The number of anilines is 1. The summed E-state index contributed by atoms with van der Waals surface area (Å²) in [5.41, 5.74) is 6.73. The molecule has 4 aromatic carbocycles. The Morgan fingerprint density at radius 1 is 1.03 bits per heavy atom. The van der Waals surface area contributed by atoms with Crippen molar-refractivity contribution in [2.24, 2.45) is 5.10 Å². The van der Waals surface area contributed by atoms with Gasteiger partial charge in [-0.25, -0.2) is 10.4 Å². The molecule has 7 heteroatoms. The highest BCUT2D eigenvalue weighted by atomic mass is 79.9. The third-order valence-electron chi connectivity index (χ3n) is 5.28. The number of aromatic amines is 1. The highest BCUT2D eigenvalue weighted by molar-refractivity contribution is 9.10. The summed E-state index contributed by atoms with van der Waals surface area (Å²) >= 11 is 3.62. The van der Waals surface area contributed by atoms with Gasteiger partial charge in [0.25, 0.3) is 0 Å². The first-order valence-corrected chi connectivity index (χ1v) is 11.2. The number of hydrazone groups is 1. The van der Waals surface area contributed by atoms with Gasteiger partial charge in [-0.2, -0.15) is 5.10 Å². The number of rotatable bonds is 7. The zero-order valence-electron chi connectivity index (χ0n) is 17.9. The Morgan fingerprint density at radius 3 is 2.73 bits per heavy atom. The van der Waals surface area contributed by atoms with Gasteiger partial charge in [0.1, 0.15) is 6.61 Å². The number of H-pyrrole nitrogens is 1. The summed E-state index contributed by atoms with van der Waals surface area (Å²) < 4.78 is 12.5. The fourth-order valence-corrected chi connectivity index (χ4v) is 4.27. The maximum atomic E-state index is 6.17. The van der Waals surface area contributed by atoms with E-state index in [-0.39, 0.29) is 0 Å². The van der Waals surface area contributed by atoms with Crippen LogP contribution in [0.15, 0.2) is 88.4 Å². The third-order valence-corrected chi connectivity index (χ3v) is 5.87. The lowest BCUT2D eigenvalue weighted by atomic mass is 10.1. The molecule has 1 aromatic heterocycles. The number of aromatic nitrogens is 2. The van der Waals surface area contributed by atoms with Crippen LogP contribution in [-0.2, 0) is 6.61 Å². The second-order valence-electron chi connectivity index (χ2n) is 7.43. The number of imidazole rings is 1. The van der Waals surface area contributed by atoms with Gasteiger partial charge in [0, 0.05) is 0 Å². The molecule has 33 heavy (non-hydrogen) atoms. The Hall–Kier alpha value is -3.84. The van der Waals surface area contributed by atoms with E-state index < -0.39 is 0 Å². The molecule has 0 bridgehead atoms. The molecule has 0 atom stereocenters. The van der Waals surface area contributed by atoms with Gasteiger partial charge in [-0.1, -0.05) is 54.6 Å². The predicted octanol–water partition coefficient (Wildman–Crippen LogP) is 6.51. The number of hydrogen-bond acceptors (Lipinski definition) is 5. The Bertz CT molecular complexity index is 1420. The number of para-hydroxylation sites is 2. The van der Waals surface area contributed by atoms with E-state index in [9.17, 15) is 0 Å². The molecule has 1 heterocycles. The molecule has 0 aliphatic carbocycles. The second kappa shape index (κ2) is 9.34. The zero-order chi connectivity index (χ0) is 22.6.